The van der Waals surface area contributed by atoms with Gasteiger partial charge in [-0.05, 0) is 32.3 Å². The minimum Gasteiger partial charge on any atom is -0.460 e. The van der Waals surface area contributed by atoms with Crippen LogP contribution in [0.2, 0.25) is 0 Å². The van der Waals surface area contributed by atoms with Crippen molar-refractivity contribution in [3.05, 3.63) is 35.8 Å². The second kappa shape index (κ2) is 7.31. The zero-order valence-electron chi connectivity index (χ0n) is 15.4. The summed E-state index contributed by atoms with van der Waals surface area (Å²) in [6, 6.07) is 4.84. The van der Waals surface area contributed by atoms with E-state index in [1.54, 1.807) is 12.1 Å². The molecule has 2 fully saturated rings. The van der Waals surface area contributed by atoms with Crippen LogP contribution in [0.4, 0.5) is 4.39 Å². The van der Waals surface area contributed by atoms with E-state index in [4.69, 9.17) is 4.42 Å². The number of nitrogens with zero attached hydrogens (tertiary/aromatic N) is 2. The van der Waals surface area contributed by atoms with Crippen molar-refractivity contribution in [1.82, 2.24) is 15.1 Å². The molecule has 1 aromatic heterocycles. The summed E-state index contributed by atoms with van der Waals surface area (Å²) in [6.07, 6.45) is 4.24. The smallest absolute Gasteiger partial charge is 0.255 e. The van der Waals surface area contributed by atoms with Crippen LogP contribution in [0.3, 0.4) is 0 Å². The van der Waals surface area contributed by atoms with Crippen molar-refractivity contribution in [2.75, 3.05) is 26.2 Å². The van der Waals surface area contributed by atoms with Crippen molar-refractivity contribution in [3.8, 4) is 0 Å². The van der Waals surface area contributed by atoms with Gasteiger partial charge in [-0.2, -0.15) is 0 Å². The molecule has 3 heterocycles. The van der Waals surface area contributed by atoms with E-state index in [1.807, 2.05) is 4.90 Å². The highest BCUT2D eigenvalue weighted by atomic mass is 19.1. The van der Waals surface area contributed by atoms with E-state index in [0.29, 0.717) is 30.1 Å². The number of likely N-dealkylation sites (tertiary alicyclic amines) is 2. The maximum atomic E-state index is 13.7. The minimum atomic E-state index is -0.478. The van der Waals surface area contributed by atoms with Gasteiger partial charge >= 0.3 is 0 Å². The summed E-state index contributed by atoms with van der Waals surface area (Å²) >= 11 is 0. The molecule has 2 aliphatic heterocycles. The van der Waals surface area contributed by atoms with Gasteiger partial charge in [-0.3, -0.25) is 14.5 Å². The molecule has 1 N–H and O–H groups in total. The van der Waals surface area contributed by atoms with Crippen LogP contribution in [0.5, 0.6) is 0 Å². The van der Waals surface area contributed by atoms with Gasteiger partial charge < -0.3 is 14.6 Å². The van der Waals surface area contributed by atoms with Gasteiger partial charge in [0.2, 0.25) is 5.91 Å². The molecule has 2 atom stereocenters. The third-order valence-electron chi connectivity index (χ3n) is 5.64. The highest BCUT2D eigenvalue weighted by Gasteiger charge is 2.30. The van der Waals surface area contributed by atoms with Crippen LogP contribution in [-0.4, -0.2) is 59.9 Å². The molecule has 27 heavy (non-hydrogen) atoms. The first-order chi connectivity index (χ1) is 13.0. The molecular formula is C20H24FN3O3. The van der Waals surface area contributed by atoms with Crippen LogP contribution in [0.25, 0.3) is 11.0 Å². The number of carbonyl (C=O) groups is 2. The fourth-order valence-corrected chi connectivity index (χ4v) is 4.14. The maximum Gasteiger partial charge on any atom is 0.255 e. The topological polar surface area (TPSA) is 65.8 Å². The predicted octanol–water partition coefficient (Wildman–Crippen LogP) is 2.39. The number of amides is 2. The van der Waals surface area contributed by atoms with E-state index in [9.17, 15) is 14.0 Å². The monoisotopic (exact) mass is 373 g/mol. The van der Waals surface area contributed by atoms with Crippen molar-refractivity contribution < 1.29 is 18.4 Å². The van der Waals surface area contributed by atoms with Gasteiger partial charge in [-0.15, -0.1) is 0 Å². The highest BCUT2D eigenvalue weighted by Crippen LogP contribution is 2.24. The molecule has 2 aliphatic rings. The minimum absolute atomic E-state index is 0.0280. The molecule has 0 bridgehead atoms. The normalized spacial score (nSPS) is 23.3. The van der Waals surface area contributed by atoms with Crippen molar-refractivity contribution in [3.63, 3.8) is 0 Å². The SMILES string of the molecule is C[C@@H]1CCCN1C(=O)CN1CC[C@H](NC(=O)c2coc3c(F)cccc23)C1. The quantitative estimate of drug-likeness (QED) is 0.894. The number of nitrogens with one attached hydrogen (secondary N) is 1. The van der Waals surface area contributed by atoms with Crippen LogP contribution in [-0.2, 0) is 4.79 Å². The second-order valence-electron chi connectivity index (χ2n) is 7.54. The molecule has 0 aliphatic carbocycles. The standard InChI is InChI=1S/C20H24FN3O3/c1-13-4-3-8-24(13)18(25)11-23-9-7-14(10-23)22-20(26)16-12-27-19-15(16)5-2-6-17(19)21/h2,5-6,12-14H,3-4,7-11H2,1H3,(H,22,26)/t13-,14+/m1/s1. The average molecular weight is 373 g/mol. The molecule has 2 aromatic rings. The Kier molecular flexibility index (Phi) is 4.86. The summed E-state index contributed by atoms with van der Waals surface area (Å²) in [5, 5.41) is 3.46. The lowest BCUT2D eigenvalue weighted by atomic mass is 10.1. The van der Waals surface area contributed by atoms with E-state index in [-0.39, 0.29) is 23.4 Å². The first-order valence-corrected chi connectivity index (χ1v) is 9.51. The summed E-state index contributed by atoms with van der Waals surface area (Å²) in [4.78, 5) is 29.1. The third-order valence-corrected chi connectivity index (χ3v) is 5.64. The van der Waals surface area contributed by atoms with E-state index in [2.05, 4.69) is 17.1 Å². The molecular weight excluding hydrogens is 349 g/mol. The molecule has 144 valence electrons. The van der Waals surface area contributed by atoms with E-state index in [0.717, 1.165) is 32.4 Å². The molecule has 2 saturated heterocycles. The molecule has 0 saturated carbocycles. The third kappa shape index (κ3) is 3.56. The predicted molar refractivity (Wildman–Crippen MR) is 98.9 cm³/mol. The molecule has 0 radical (unpaired) electrons. The largest absolute Gasteiger partial charge is 0.460 e. The Balaban J connectivity index is 1.34. The van der Waals surface area contributed by atoms with Gasteiger partial charge in [-0.1, -0.05) is 12.1 Å². The number of furan rings is 1. The van der Waals surface area contributed by atoms with Crippen molar-refractivity contribution in [2.45, 2.75) is 38.3 Å². The van der Waals surface area contributed by atoms with Crippen molar-refractivity contribution in [2.24, 2.45) is 0 Å². The molecule has 2 amide bonds. The number of halogens is 1. The lowest BCUT2D eigenvalue weighted by molar-refractivity contribution is -0.132. The van der Waals surface area contributed by atoms with Gasteiger partial charge in [0.05, 0.1) is 12.1 Å². The first kappa shape index (κ1) is 18.0. The number of carbonyl (C=O) groups excluding carboxylic acids is 2. The summed E-state index contributed by atoms with van der Waals surface area (Å²) in [7, 11) is 0. The molecule has 0 unspecified atom stereocenters. The van der Waals surface area contributed by atoms with Crippen LogP contribution < -0.4 is 5.32 Å². The van der Waals surface area contributed by atoms with Gasteiger partial charge in [-0.25, -0.2) is 4.39 Å². The zero-order valence-corrected chi connectivity index (χ0v) is 15.4. The number of rotatable bonds is 4. The van der Waals surface area contributed by atoms with Crippen molar-refractivity contribution in [1.29, 1.82) is 0 Å². The Morgan fingerprint density at radius 3 is 2.93 bits per heavy atom. The number of hydrogen-bond donors (Lipinski definition) is 1. The van der Waals surface area contributed by atoms with Crippen LogP contribution in [0.15, 0.2) is 28.9 Å². The zero-order chi connectivity index (χ0) is 19.0. The Hall–Kier alpha value is -2.41. The van der Waals surface area contributed by atoms with Gasteiger partial charge in [0.1, 0.15) is 6.26 Å². The molecule has 7 heteroatoms. The maximum absolute atomic E-state index is 13.7. The van der Waals surface area contributed by atoms with Gasteiger partial charge in [0.15, 0.2) is 11.4 Å². The fraction of sp³-hybridized carbons (Fsp3) is 0.500. The van der Waals surface area contributed by atoms with Gasteiger partial charge in [0, 0.05) is 37.1 Å². The molecule has 6 nitrogen and oxygen atoms in total. The van der Waals surface area contributed by atoms with E-state index < -0.39 is 5.82 Å². The number of benzene rings is 1. The van der Waals surface area contributed by atoms with Crippen LogP contribution in [0, 0.1) is 5.82 Å². The Bertz CT molecular complexity index is 865. The Morgan fingerprint density at radius 1 is 1.30 bits per heavy atom. The van der Waals surface area contributed by atoms with E-state index >= 15 is 0 Å². The summed E-state index contributed by atoms with van der Waals surface area (Å²) < 4.78 is 18.9. The molecule has 4 rings (SSSR count). The summed E-state index contributed by atoms with van der Waals surface area (Å²) in [6.45, 7) is 4.76. The van der Waals surface area contributed by atoms with E-state index in [1.165, 1.54) is 12.3 Å². The Morgan fingerprint density at radius 2 is 2.15 bits per heavy atom. The lowest BCUT2D eigenvalue weighted by Crippen LogP contribution is -2.42. The summed E-state index contributed by atoms with van der Waals surface area (Å²) in [5.74, 6) is -0.581. The summed E-state index contributed by atoms with van der Waals surface area (Å²) in [5.41, 5.74) is 0.436. The van der Waals surface area contributed by atoms with Gasteiger partial charge in [0.25, 0.3) is 5.91 Å². The molecule has 0 spiro atoms. The lowest BCUT2D eigenvalue weighted by Gasteiger charge is -2.24. The number of hydrogen-bond acceptors (Lipinski definition) is 4. The second-order valence-corrected chi connectivity index (χ2v) is 7.54. The Labute approximate surface area is 157 Å². The van der Waals surface area contributed by atoms with Crippen LogP contribution >= 0.6 is 0 Å². The van der Waals surface area contributed by atoms with Crippen molar-refractivity contribution >= 4 is 22.8 Å². The molecule has 1 aromatic carbocycles. The number of fused-ring (bicyclic) bond motifs is 1. The first-order valence-electron chi connectivity index (χ1n) is 9.51. The number of para-hydroxylation sites is 1. The highest BCUT2D eigenvalue weighted by molar-refractivity contribution is 6.06. The fourth-order valence-electron chi connectivity index (χ4n) is 4.14. The average Bonchev–Trinajstić information content (AvgIpc) is 3.35. The van der Waals surface area contributed by atoms with Crippen LogP contribution in [0.1, 0.15) is 36.5 Å².